The largest absolute Gasteiger partial charge is 0.383 e. The Balaban J connectivity index is 2.48. The van der Waals surface area contributed by atoms with Gasteiger partial charge in [0.1, 0.15) is 5.82 Å². The normalized spacial score (nSPS) is 10.8. The summed E-state index contributed by atoms with van der Waals surface area (Å²) in [5, 5.41) is 0. The molecule has 2 aromatic heterocycles. The van der Waals surface area contributed by atoms with E-state index in [4.69, 9.17) is 10.5 Å². The average Bonchev–Trinajstić information content (AvgIpc) is 2.71. The van der Waals surface area contributed by atoms with E-state index in [1.807, 2.05) is 12.1 Å². The Labute approximate surface area is 119 Å². The van der Waals surface area contributed by atoms with Crippen molar-refractivity contribution in [1.29, 1.82) is 0 Å². The van der Waals surface area contributed by atoms with Crippen molar-refractivity contribution in [3.05, 3.63) is 26.1 Å². The number of methoxy groups -OCH3 is 1. The minimum Gasteiger partial charge on any atom is -0.383 e. The van der Waals surface area contributed by atoms with E-state index in [9.17, 15) is 0 Å². The molecule has 2 heterocycles. The van der Waals surface area contributed by atoms with Crippen LogP contribution < -0.4 is 5.73 Å². The van der Waals surface area contributed by atoms with Crippen molar-refractivity contribution in [2.75, 3.05) is 12.8 Å². The first kappa shape index (κ1) is 12.9. The van der Waals surface area contributed by atoms with E-state index >= 15 is 0 Å². The molecule has 0 aromatic carbocycles. The van der Waals surface area contributed by atoms with Crippen LogP contribution in [0.4, 0.5) is 5.82 Å². The zero-order valence-corrected chi connectivity index (χ0v) is 12.9. The van der Waals surface area contributed by atoms with Crippen LogP contribution in [0.5, 0.6) is 0 Å². The minimum atomic E-state index is 0.396. The van der Waals surface area contributed by atoms with Crippen LogP contribution in [0.3, 0.4) is 0 Å². The first-order valence-corrected chi connectivity index (χ1v) is 7.08. The summed E-state index contributed by atoms with van der Waals surface area (Å²) in [7, 11) is 1.62. The summed E-state index contributed by atoms with van der Waals surface area (Å²) >= 11 is 8.33. The number of ether oxygens (including phenoxy) is 1. The summed E-state index contributed by atoms with van der Waals surface area (Å²) in [5.41, 5.74) is 6.58. The number of aromatic nitrogens is 2. The maximum absolute atomic E-state index is 5.84. The number of thiophene rings is 1. The minimum absolute atomic E-state index is 0.396. The highest BCUT2D eigenvalue weighted by Crippen LogP contribution is 2.31. The molecule has 90 valence electrons. The van der Waals surface area contributed by atoms with Crippen LogP contribution in [0.1, 0.15) is 5.69 Å². The monoisotopic (exact) mass is 377 g/mol. The lowest BCUT2D eigenvalue weighted by atomic mass is 10.3. The quantitative estimate of drug-likeness (QED) is 0.888. The molecule has 0 unspecified atom stereocenters. The third-order valence-electron chi connectivity index (χ3n) is 2.02. The fourth-order valence-electron chi connectivity index (χ4n) is 1.29. The van der Waals surface area contributed by atoms with Gasteiger partial charge in [-0.15, -0.1) is 11.3 Å². The molecule has 0 spiro atoms. The van der Waals surface area contributed by atoms with Crippen molar-refractivity contribution in [2.24, 2.45) is 0 Å². The molecule has 17 heavy (non-hydrogen) atoms. The average molecular weight is 379 g/mol. The Hall–Kier alpha value is -0.500. The van der Waals surface area contributed by atoms with Crippen LogP contribution in [0, 0.1) is 0 Å². The van der Waals surface area contributed by atoms with Crippen LogP contribution in [-0.2, 0) is 11.3 Å². The lowest BCUT2D eigenvalue weighted by Gasteiger charge is -2.07. The van der Waals surface area contributed by atoms with Gasteiger partial charge < -0.3 is 10.5 Å². The van der Waals surface area contributed by atoms with Gasteiger partial charge in [-0.25, -0.2) is 9.97 Å². The Bertz CT molecular complexity index is 544. The number of nitrogens with zero attached hydrogens (tertiary/aromatic N) is 2. The topological polar surface area (TPSA) is 61.0 Å². The number of nitrogens with two attached hydrogens (primary N) is 1. The molecule has 2 aromatic rings. The van der Waals surface area contributed by atoms with E-state index in [2.05, 4.69) is 41.8 Å². The molecule has 4 nitrogen and oxygen atoms in total. The van der Waals surface area contributed by atoms with Crippen molar-refractivity contribution in [3.8, 4) is 10.7 Å². The molecule has 0 amide bonds. The van der Waals surface area contributed by atoms with E-state index in [0.29, 0.717) is 22.7 Å². The summed E-state index contributed by atoms with van der Waals surface area (Å²) < 4.78 is 6.80. The van der Waals surface area contributed by atoms with Gasteiger partial charge in [0.25, 0.3) is 0 Å². The molecule has 2 rings (SSSR count). The molecule has 0 saturated carbocycles. The second-order valence-corrected chi connectivity index (χ2v) is 6.49. The smallest absolute Gasteiger partial charge is 0.172 e. The summed E-state index contributed by atoms with van der Waals surface area (Å²) in [6.45, 7) is 0.396. The SMILES string of the molecule is COCc1nc(-c2ccc(Br)s2)nc(N)c1Br. The number of hydrogen-bond acceptors (Lipinski definition) is 5. The van der Waals surface area contributed by atoms with E-state index in [-0.39, 0.29) is 0 Å². The zero-order valence-electron chi connectivity index (χ0n) is 8.91. The highest BCUT2D eigenvalue weighted by Gasteiger charge is 2.12. The molecule has 0 aliphatic carbocycles. The summed E-state index contributed by atoms with van der Waals surface area (Å²) in [6, 6.07) is 3.91. The summed E-state index contributed by atoms with van der Waals surface area (Å²) in [6.07, 6.45) is 0. The molecular formula is C10H9Br2N3OS. The first-order chi connectivity index (χ1) is 8.11. The summed E-state index contributed by atoms with van der Waals surface area (Å²) in [5.74, 6) is 1.04. The van der Waals surface area contributed by atoms with Crippen LogP contribution in [0.15, 0.2) is 20.4 Å². The lowest BCUT2D eigenvalue weighted by Crippen LogP contribution is -2.03. The third-order valence-corrected chi connectivity index (χ3v) is 4.50. The van der Waals surface area contributed by atoms with E-state index in [1.54, 1.807) is 18.4 Å². The van der Waals surface area contributed by atoms with Gasteiger partial charge in [0.05, 0.1) is 25.4 Å². The molecule has 0 radical (unpaired) electrons. The van der Waals surface area contributed by atoms with E-state index < -0.39 is 0 Å². The second kappa shape index (κ2) is 5.43. The van der Waals surface area contributed by atoms with Crippen molar-refractivity contribution < 1.29 is 4.74 Å². The van der Waals surface area contributed by atoms with Crippen LogP contribution in [0.2, 0.25) is 0 Å². The predicted molar refractivity (Wildman–Crippen MR) is 75.9 cm³/mol. The number of anilines is 1. The van der Waals surface area contributed by atoms with Crippen molar-refractivity contribution in [3.63, 3.8) is 0 Å². The Morgan fingerprint density at radius 3 is 2.71 bits per heavy atom. The molecular weight excluding hydrogens is 370 g/mol. The molecule has 0 aliphatic rings. The van der Waals surface area contributed by atoms with Gasteiger partial charge in [-0.2, -0.15) is 0 Å². The molecule has 0 saturated heterocycles. The highest BCUT2D eigenvalue weighted by atomic mass is 79.9. The van der Waals surface area contributed by atoms with Crippen LogP contribution >= 0.6 is 43.2 Å². The van der Waals surface area contributed by atoms with Gasteiger partial charge in [-0.05, 0) is 44.0 Å². The predicted octanol–water partition coefficient (Wildman–Crippen LogP) is 3.46. The van der Waals surface area contributed by atoms with Gasteiger partial charge >= 0.3 is 0 Å². The molecule has 2 N–H and O–H groups in total. The van der Waals surface area contributed by atoms with Crippen LogP contribution in [-0.4, -0.2) is 17.1 Å². The zero-order chi connectivity index (χ0) is 12.4. The Kier molecular flexibility index (Phi) is 4.13. The number of hydrogen-bond donors (Lipinski definition) is 1. The molecule has 0 aliphatic heterocycles. The van der Waals surface area contributed by atoms with Gasteiger partial charge in [-0.1, -0.05) is 0 Å². The molecule has 0 fully saturated rings. The standard InChI is InChI=1S/C10H9Br2N3OS/c1-16-4-5-8(12)9(13)15-10(14-5)6-2-3-7(11)17-6/h2-3H,4H2,1H3,(H2,13,14,15). The highest BCUT2D eigenvalue weighted by molar-refractivity contribution is 9.11. The molecule has 0 bridgehead atoms. The van der Waals surface area contributed by atoms with Gasteiger partial charge in [0.2, 0.25) is 0 Å². The molecule has 0 atom stereocenters. The Morgan fingerprint density at radius 1 is 1.35 bits per heavy atom. The number of rotatable bonds is 3. The molecule has 7 heteroatoms. The van der Waals surface area contributed by atoms with Gasteiger partial charge in [-0.3, -0.25) is 0 Å². The van der Waals surface area contributed by atoms with E-state index in [0.717, 1.165) is 14.4 Å². The van der Waals surface area contributed by atoms with Crippen molar-refractivity contribution in [2.45, 2.75) is 6.61 Å². The number of halogens is 2. The maximum Gasteiger partial charge on any atom is 0.172 e. The Morgan fingerprint density at radius 2 is 2.12 bits per heavy atom. The third kappa shape index (κ3) is 2.85. The fraction of sp³-hybridized carbons (Fsp3) is 0.200. The second-order valence-electron chi connectivity index (χ2n) is 3.23. The summed E-state index contributed by atoms with van der Waals surface area (Å²) in [4.78, 5) is 9.65. The fourth-order valence-corrected chi connectivity index (χ4v) is 2.90. The van der Waals surface area contributed by atoms with Gasteiger partial charge in [0, 0.05) is 7.11 Å². The van der Waals surface area contributed by atoms with Crippen molar-refractivity contribution >= 4 is 49.0 Å². The number of nitrogen functional groups attached to an aromatic ring is 1. The maximum atomic E-state index is 5.84. The first-order valence-electron chi connectivity index (χ1n) is 4.68. The van der Waals surface area contributed by atoms with Gasteiger partial charge in [0.15, 0.2) is 5.82 Å². The van der Waals surface area contributed by atoms with E-state index in [1.165, 1.54) is 0 Å². The van der Waals surface area contributed by atoms with Crippen molar-refractivity contribution in [1.82, 2.24) is 9.97 Å². The van der Waals surface area contributed by atoms with Crippen LogP contribution in [0.25, 0.3) is 10.7 Å². The lowest BCUT2D eigenvalue weighted by molar-refractivity contribution is 0.181.